The fourth-order valence-corrected chi connectivity index (χ4v) is 2.17. The molecule has 0 radical (unpaired) electrons. The molecule has 98 valence electrons. The maximum atomic E-state index is 8.87. The average molecular weight is 257 g/mol. The highest BCUT2D eigenvalue weighted by Gasteiger charge is 2.36. The van der Waals surface area contributed by atoms with Gasteiger partial charge in [0, 0.05) is 0 Å². The molecule has 1 heterocycles. The second-order valence-corrected chi connectivity index (χ2v) is 10.5. The summed E-state index contributed by atoms with van der Waals surface area (Å²) in [5.41, 5.74) is 0.595. The summed E-state index contributed by atoms with van der Waals surface area (Å²) < 4.78 is 7.74. The first-order valence-corrected chi connectivity index (χ1v) is 8.81. The Bertz CT molecular complexity index is 358. The Morgan fingerprint density at radius 1 is 1.41 bits per heavy atom. The number of hydrogen-bond acceptors (Lipinski definition) is 4. The molecule has 0 unspecified atom stereocenters. The van der Waals surface area contributed by atoms with Gasteiger partial charge in [-0.15, -0.1) is 5.10 Å². The molecule has 1 aromatic rings. The molecule has 0 atom stereocenters. The summed E-state index contributed by atoms with van der Waals surface area (Å²) in [5, 5.41) is 16.8. The van der Waals surface area contributed by atoms with E-state index < -0.39 is 8.32 Å². The first kappa shape index (κ1) is 14.3. The van der Waals surface area contributed by atoms with Crippen LogP contribution in [0, 0.1) is 0 Å². The lowest BCUT2D eigenvalue weighted by molar-refractivity contribution is 0.264. The molecule has 6 heteroatoms. The lowest BCUT2D eigenvalue weighted by Crippen LogP contribution is -2.41. The SMILES string of the molecule is CC(C)(C)[Si](C)(C)OCCn1cc(CO)nn1. The Hall–Kier alpha value is -0.723. The zero-order chi connectivity index (χ0) is 13.1. The minimum atomic E-state index is -1.67. The van der Waals surface area contributed by atoms with Crippen molar-refractivity contribution in [1.82, 2.24) is 15.0 Å². The van der Waals surface area contributed by atoms with Gasteiger partial charge in [0.2, 0.25) is 0 Å². The molecule has 5 nitrogen and oxygen atoms in total. The van der Waals surface area contributed by atoms with Gasteiger partial charge in [-0.2, -0.15) is 0 Å². The third kappa shape index (κ3) is 3.90. The Balaban J connectivity index is 2.42. The van der Waals surface area contributed by atoms with Crippen molar-refractivity contribution in [3.8, 4) is 0 Å². The van der Waals surface area contributed by atoms with E-state index in [0.717, 1.165) is 0 Å². The number of aliphatic hydroxyl groups excluding tert-OH is 1. The van der Waals surface area contributed by atoms with Gasteiger partial charge in [0.1, 0.15) is 5.69 Å². The molecule has 0 saturated carbocycles. The summed E-state index contributed by atoms with van der Waals surface area (Å²) in [6, 6.07) is 0. The van der Waals surface area contributed by atoms with E-state index in [4.69, 9.17) is 9.53 Å². The standard InChI is InChI=1S/C11H23N3O2Si/c1-11(2,3)17(4,5)16-7-6-14-8-10(9-15)12-13-14/h8,15H,6-7,9H2,1-5H3. The molecular weight excluding hydrogens is 234 g/mol. The fraction of sp³-hybridized carbons (Fsp3) is 0.818. The predicted molar refractivity (Wildman–Crippen MR) is 69.1 cm³/mol. The van der Waals surface area contributed by atoms with E-state index in [1.165, 1.54) is 0 Å². The molecule has 1 aromatic heterocycles. The van der Waals surface area contributed by atoms with Gasteiger partial charge in [0.05, 0.1) is 26.0 Å². The van der Waals surface area contributed by atoms with Crippen LogP contribution in [0.5, 0.6) is 0 Å². The van der Waals surface area contributed by atoms with Gasteiger partial charge in [0.25, 0.3) is 0 Å². The van der Waals surface area contributed by atoms with E-state index in [9.17, 15) is 0 Å². The summed E-state index contributed by atoms with van der Waals surface area (Å²) in [6.45, 7) is 12.4. The van der Waals surface area contributed by atoms with E-state index >= 15 is 0 Å². The average Bonchev–Trinajstić information content (AvgIpc) is 2.63. The Morgan fingerprint density at radius 2 is 2.06 bits per heavy atom. The maximum absolute atomic E-state index is 8.87. The van der Waals surface area contributed by atoms with Crippen LogP contribution in [-0.2, 0) is 17.6 Å². The Morgan fingerprint density at radius 3 is 2.53 bits per heavy atom. The van der Waals surface area contributed by atoms with E-state index in [1.807, 2.05) is 0 Å². The summed E-state index contributed by atoms with van der Waals surface area (Å²) in [4.78, 5) is 0. The van der Waals surface area contributed by atoms with E-state index in [2.05, 4.69) is 44.2 Å². The number of aromatic nitrogens is 3. The lowest BCUT2D eigenvalue weighted by Gasteiger charge is -2.36. The minimum Gasteiger partial charge on any atom is -0.415 e. The van der Waals surface area contributed by atoms with Gasteiger partial charge < -0.3 is 9.53 Å². The zero-order valence-corrected chi connectivity index (χ0v) is 12.4. The highest BCUT2D eigenvalue weighted by Crippen LogP contribution is 2.36. The summed E-state index contributed by atoms with van der Waals surface area (Å²) in [6.07, 6.45) is 1.75. The zero-order valence-electron chi connectivity index (χ0n) is 11.4. The van der Waals surface area contributed by atoms with Gasteiger partial charge in [-0.05, 0) is 18.1 Å². The highest BCUT2D eigenvalue weighted by atomic mass is 28.4. The van der Waals surface area contributed by atoms with Crippen LogP contribution in [-0.4, -0.2) is 35.0 Å². The van der Waals surface area contributed by atoms with Crippen LogP contribution in [0.15, 0.2) is 6.20 Å². The third-order valence-electron chi connectivity index (χ3n) is 3.34. The van der Waals surface area contributed by atoms with Crippen molar-refractivity contribution >= 4 is 8.32 Å². The molecular formula is C11H23N3O2Si. The monoisotopic (exact) mass is 257 g/mol. The molecule has 0 saturated heterocycles. The molecule has 0 aromatic carbocycles. The molecule has 0 aliphatic heterocycles. The molecule has 1 rings (SSSR count). The van der Waals surface area contributed by atoms with Crippen molar-refractivity contribution in [3.05, 3.63) is 11.9 Å². The van der Waals surface area contributed by atoms with Gasteiger partial charge in [0.15, 0.2) is 8.32 Å². The van der Waals surface area contributed by atoms with Crippen LogP contribution in [0.3, 0.4) is 0 Å². The van der Waals surface area contributed by atoms with Crippen LogP contribution in [0.2, 0.25) is 18.1 Å². The molecule has 0 bridgehead atoms. The van der Waals surface area contributed by atoms with Gasteiger partial charge >= 0.3 is 0 Å². The molecule has 17 heavy (non-hydrogen) atoms. The molecule has 0 aliphatic carbocycles. The number of aliphatic hydroxyl groups is 1. The Kier molecular flexibility index (Phi) is 4.46. The molecule has 0 fully saturated rings. The van der Waals surface area contributed by atoms with Crippen molar-refractivity contribution in [2.75, 3.05) is 6.61 Å². The number of hydrogen-bond donors (Lipinski definition) is 1. The first-order valence-electron chi connectivity index (χ1n) is 5.90. The van der Waals surface area contributed by atoms with Crippen molar-refractivity contribution in [3.63, 3.8) is 0 Å². The molecule has 1 N–H and O–H groups in total. The van der Waals surface area contributed by atoms with E-state index in [-0.39, 0.29) is 11.6 Å². The fourth-order valence-electron chi connectivity index (χ4n) is 1.13. The molecule has 0 spiro atoms. The Labute approximate surface area is 104 Å². The molecule has 0 amide bonds. The van der Waals surface area contributed by atoms with Crippen molar-refractivity contribution in [2.45, 2.75) is 52.1 Å². The van der Waals surface area contributed by atoms with E-state index in [1.54, 1.807) is 10.9 Å². The smallest absolute Gasteiger partial charge is 0.192 e. The highest BCUT2D eigenvalue weighted by molar-refractivity contribution is 6.74. The summed E-state index contributed by atoms with van der Waals surface area (Å²) in [7, 11) is -1.67. The first-order chi connectivity index (χ1) is 7.76. The van der Waals surface area contributed by atoms with Crippen LogP contribution in [0.1, 0.15) is 26.5 Å². The second-order valence-electron chi connectivity index (χ2n) is 5.74. The van der Waals surface area contributed by atoms with Crippen LogP contribution in [0.25, 0.3) is 0 Å². The quantitative estimate of drug-likeness (QED) is 0.817. The van der Waals surface area contributed by atoms with Crippen molar-refractivity contribution in [1.29, 1.82) is 0 Å². The number of nitrogens with zero attached hydrogens (tertiary/aromatic N) is 3. The maximum Gasteiger partial charge on any atom is 0.192 e. The number of rotatable bonds is 5. The third-order valence-corrected chi connectivity index (χ3v) is 7.88. The van der Waals surface area contributed by atoms with E-state index in [0.29, 0.717) is 18.8 Å². The van der Waals surface area contributed by atoms with Gasteiger partial charge in [-0.25, -0.2) is 4.68 Å². The minimum absolute atomic E-state index is 0.0664. The summed E-state index contributed by atoms with van der Waals surface area (Å²) >= 11 is 0. The van der Waals surface area contributed by atoms with Crippen LogP contribution >= 0.6 is 0 Å². The predicted octanol–water partition coefficient (Wildman–Crippen LogP) is 1.79. The van der Waals surface area contributed by atoms with Crippen LogP contribution < -0.4 is 0 Å². The molecule has 0 aliphatic rings. The van der Waals surface area contributed by atoms with Crippen molar-refractivity contribution < 1.29 is 9.53 Å². The van der Waals surface area contributed by atoms with Gasteiger partial charge in [-0.1, -0.05) is 26.0 Å². The largest absolute Gasteiger partial charge is 0.415 e. The second kappa shape index (κ2) is 5.28. The summed E-state index contributed by atoms with van der Waals surface area (Å²) in [5.74, 6) is 0. The van der Waals surface area contributed by atoms with Gasteiger partial charge in [-0.3, -0.25) is 0 Å². The van der Waals surface area contributed by atoms with Crippen molar-refractivity contribution in [2.24, 2.45) is 0 Å². The van der Waals surface area contributed by atoms with Crippen LogP contribution in [0.4, 0.5) is 0 Å². The lowest BCUT2D eigenvalue weighted by atomic mass is 10.2. The normalized spacial score (nSPS) is 13.1. The topological polar surface area (TPSA) is 60.2 Å².